The van der Waals surface area contributed by atoms with Gasteiger partial charge in [-0.05, 0) is 31.0 Å². The molecular formula is C17H22N6O2S. The number of aryl methyl sites for hydroxylation is 1. The summed E-state index contributed by atoms with van der Waals surface area (Å²) < 4.78 is 1.02. The van der Waals surface area contributed by atoms with Crippen LogP contribution in [0.4, 0.5) is 5.13 Å². The quantitative estimate of drug-likeness (QED) is 0.723. The number of nitrogens with zero attached hydrogens (tertiary/aromatic N) is 3. The maximum Gasteiger partial charge on any atom is 0.245 e. The van der Waals surface area contributed by atoms with Crippen LogP contribution in [0.5, 0.6) is 0 Å². The lowest BCUT2D eigenvalue weighted by Crippen LogP contribution is -2.46. The minimum absolute atomic E-state index is 0.0324. The van der Waals surface area contributed by atoms with Crippen molar-refractivity contribution in [3.05, 3.63) is 23.8 Å². The zero-order valence-electron chi connectivity index (χ0n) is 14.8. The number of carbonyl (C=O) groups is 2. The number of rotatable bonds is 5. The van der Waals surface area contributed by atoms with E-state index in [1.165, 1.54) is 16.2 Å². The van der Waals surface area contributed by atoms with Gasteiger partial charge in [0.25, 0.3) is 0 Å². The van der Waals surface area contributed by atoms with Gasteiger partial charge in [0.2, 0.25) is 11.8 Å². The molecule has 3 rings (SSSR count). The van der Waals surface area contributed by atoms with Crippen LogP contribution in [-0.2, 0) is 9.59 Å². The maximum atomic E-state index is 12.2. The van der Waals surface area contributed by atoms with E-state index in [2.05, 4.69) is 25.9 Å². The first kappa shape index (κ1) is 18.1. The molecule has 0 spiro atoms. The molecule has 138 valence electrons. The monoisotopic (exact) mass is 374 g/mol. The van der Waals surface area contributed by atoms with Crippen LogP contribution in [0.1, 0.15) is 12.0 Å². The van der Waals surface area contributed by atoms with Crippen molar-refractivity contribution in [1.29, 1.82) is 0 Å². The number of hydrogen-bond donors (Lipinski definition) is 3. The largest absolute Gasteiger partial charge is 0.356 e. The summed E-state index contributed by atoms with van der Waals surface area (Å²) in [4.78, 5) is 34.3. The van der Waals surface area contributed by atoms with Crippen LogP contribution in [0.3, 0.4) is 0 Å². The second-order valence-corrected chi connectivity index (χ2v) is 7.18. The van der Waals surface area contributed by atoms with Gasteiger partial charge in [0, 0.05) is 20.1 Å². The first-order valence-corrected chi connectivity index (χ1v) is 9.26. The van der Waals surface area contributed by atoms with Gasteiger partial charge < -0.3 is 20.9 Å². The van der Waals surface area contributed by atoms with Crippen LogP contribution in [0.2, 0.25) is 0 Å². The Kier molecular flexibility index (Phi) is 5.67. The van der Waals surface area contributed by atoms with Crippen LogP contribution >= 0.6 is 11.3 Å². The van der Waals surface area contributed by atoms with E-state index >= 15 is 0 Å². The van der Waals surface area contributed by atoms with Crippen molar-refractivity contribution in [3.8, 4) is 0 Å². The molecule has 3 N–H and O–H groups in total. The second-order valence-electron chi connectivity index (χ2n) is 6.15. The molecule has 2 amide bonds. The SMILES string of the molecule is Cc1ccc2nc(NC(=O)CN(C)C(=O)CNC3=NCCCN3)sc2c1. The molecule has 26 heavy (non-hydrogen) atoms. The second kappa shape index (κ2) is 8.13. The third kappa shape index (κ3) is 4.69. The van der Waals surface area contributed by atoms with Crippen LogP contribution < -0.4 is 16.0 Å². The Morgan fingerprint density at radius 2 is 2.23 bits per heavy atom. The lowest BCUT2D eigenvalue weighted by Gasteiger charge is -2.19. The Balaban J connectivity index is 1.49. The molecule has 0 saturated heterocycles. The van der Waals surface area contributed by atoms with Crippen LogP contribution in [0.15, 0.2) is 23.2 Å². The minimum atomic E-state index is -0.273. The molecule has 0 saturated carbocycles. The van der Waals surface area contributed by atoms with Gasteiger partial charge in [0.1, 0.15) is 0 Å². The molecule has 0 radical (unpaired) electrons. The van der Waals surface area contributed by atoms with Crippen molar-refractivity contribution in [1.82, 2.24) is 20.5 Å². The van der Waals surface area contributed by atoms with Gasteiger partial charge in [0.05, 0.1) is 23.3 Å². The molecule has 0 unspecified atom stereocenters. The average Bonchev–Trinajstić information content (AvgIpc) is 3.01. The number of anilines is 1. The molecule has 2 aromatic rings. The van der Waals surface area contributed by atoms with E-state index in [1.54, 1.807) is 7.05 Å². The standard InChI is InChI=1S/C17H22N6O2S/c1-11-4-5-12-13(8-11)26-17(21-12)22-14(24)10-23(2)15(25)9-20-16-18-6-3-7-19-16/h4-5,8H,3,6-7,9-10H2,1-2H3,(H2,18,19,20)(H,21,22,24). The third-order valence-corrected chi connectivity index (χ3v) is 4.83. The number of hydrogen-bond acceptors (Lipinski definition) is 7. The number of carbonyl (C=O) groups excluding carboxylic acids is 2. The van der Waals surface area contributed by atoms with Gasteiger partial charge in [-0.25, -0.2) is 4.98 Å². The van der Waals surface area contributed by atoms with Crippen LogP contribution in [0, 0.1) is 6.92 Å². The molecule has 0 atom stereocenters. The smallest absolute Gasteiger partial charge is 0.245 e. The van der Waals surface area contributed by atoms with Crippen LogP contribution in [-0.4, -0.2) is 60.9 Å². The first-order chi connectivity index (χ1) is 12.5. The summed E-state index contributed by atoms with van der Waals surface area (Å²) in [6.45, 7) is 3.68. The Morgan fingerprint density at radius 1 is 1.38 bits per heavy atom. The first-order valence-electron chi connectivity index (χ1n) is 8.44. The topological polar surface area (TPSA) is 98.7 Å². The van der Waals surface area contributed by atoms with Crippen molar-refractivity contribution in [2.75, 3.05) is 38.5 Å². The fourth-order valence-corrected chi connectivity index (χ4v) is 3.47. The summed E-state index contributed by atoms with van der Waals surface area (Å²) in [6, 6.07) is 5.95. The predicted molar refractivity (Wildman–Crippen MR) is 104 cm³/mol. The lowest BCUT2D eigenvalue weighted by atomic mass is 10.2. The minimum Gasteiger partial charge on any atom is -0.356 e. The van der Waals surface area contributed by atoms with Crippen molar-refractivity contribution in [3.63, 3.8) is 0 Å². The Labute approximate surface area is 155 Å². The van der Waals surface area contributed by atoms with Crippen molar-refractivity contribution in [2.24, 2.45) is 4.99 Å². The van der Waals surface area contributed by atoms with Gasteiger partial charge >= 0.3 is 0 Å². The van der Waals surface area contributed by atoms with Crippen molar-refractivity contribution >= 4 is 44.5 Å². The van der Waals surface area contributed by atoms with Gasteiger partial charge in [-0.2, -0.15) is 0 Å². The van der Waals surface area contributed by atoms with E-state index in [4.69, 9.17) is 0 Å². The molecule has 9 heteroatoms. The van der Waals surface area contributed by atoms with Crippen LogP contribution in [0.25, 0.3) is 10.2 Å². The number of nitrogens with one attached hydrogen (secondary N) is 3. The number of likely N-dealkylation sites (N-methyl/N-ethyl adjacent to an activating group) is 1. The molecule has 1 aliphatic heterocycles. The van der Waals surface area contributed by atoms with Gasteiger partial charge in [-0.3, -0.25) is 14.6 Å². The zero-order chi connectivity index (χ0) is 18.5. The predicted octanol–water partition coefficient (Wildman–Crippen LogP) is 0.941. The molecule has 0 bridgehead atoms. The summed E-state index contributed by atoms with van der Waals surface area (Å²) in [7, 11) is 1.60. The summed E-state index contributed by atoms with van der Waals surface area (Å²) in [5, 5.41) is 9.34. The third-order valence-electron chi connectivity index (χ3n) is 3.90. The van der Waals surface area contributed by atoms with E-state index in [-0.39, 0.29) is 24.9 Å². The van der Waals surface area contributed by atoms with Gasteiger partial charge in [-0.15, -0.1) is 0 Å². The summed E-state index contributed by atoms with van der Waals surface area (Å²) in [5.41, 5.74) is 2.00. The molecule has 2 heterocycles. The zero-order valence-corrected chi connectivity index (χ0v) is 15.7. The Hall–Kier alpha value is -2.68. The number of guanidine groups is 1. The van der Waals surface area contributed by atoms with E-state index in [1.807, 2.05) is 25.1 Å². The van der Waals surface area contributed by atoms with Gasteiger partial charge in [0.15, 0.2) is 11.1 Å². The fourth-order valence-electron chi connectivity index (χ4n) is 2.49. The maximum absolute atomic E-state index is 12.2. The number of aromatic nitrogens is 1. The molecule has 8 nitrogen and oxygen atoms in total. The van der Waals surface area contributed by atoms with Crippen molar-refractivity contribution < 1.29 is 9.59 Å². The van der Waals surface area contributed by atoms with E-state index < -0.39 is 0 Å². The van der Waals surface area contributed by atoms with Gasteiger partial charge in [-0.1, -0.05) is 17.4 Å². The molecule has 1 aromatic carbocycles. The van der Waals surface area contributed by atoms with E-state index in [9.17, 15) is 9.59 Å². The fraction of sp³-hybridized carbons (Fsp3) is 0.412. The highest BCUT2D eigenvalue weighted by molar-refractivity contribution is 7.22. The molecule has 0 fully saturated rings. The number of fused-ring (bicyclic) bond motifs is 1. The summed E-state index contributed by atoms with van der Waals surface area (Å²) >= 11 is 1.42. The summed E-state index contributed by atoms with van der Waals surface area (Å²) in [6.07, 6.45) is 0.991. The highest BCUT2D eigenvalue weighted by atomic mass is 32.1. The normalized spacial score (nSPS) is 13.7. The number of aliphatic imine (C=N–C) groups is 1. The Morgan fingerprint density at radius 3 is 3.00 bits per heavy atom. The molecule has 1 aliphatic rings. The highest BCUT2D eigenvalue weighted by Crippen LogP contribution is 2.26. The molecular weight excluding hydrogens is 352 g/mol. The lowest BCUT2D eigenvalue weighted by molar-refractivity contribution is -0.132. The van der Waals surface area contributed by atoms with E-state index in [0.717, 1.165) is 35.3 Å². The van der Waals surface area contributed by atoms with Crippen molar-refractivity contribution in [2.45, 2.75) is 13.3 Å². The number of thiazole rings is 1. The number of benzene rings is 1. The highest BCUT2D eigenvalue weighted by Gasteiger charge is 2.15. The Bertz CT molecular complexity index is 847. The number of amides is 2. The molecule has 1 aromatic heterocycles. The average molecular weight is 374 g/mol. The molecule has 0 aliphatic carbocycles. The summed E-state index contributed by atoms with van der Waals surface area (Å²) in [5.74, 6) is 0.173. The van der Waals surface area contributed by atoms with E-state index in [0.29, 0.717) is 11.1 Å².